The molecule has 0 spiro atoms. The maximum atomic E-state index is 12.9. The van der Waals surface area contributed by atoms with Crippen molar-refractivity contribution in [3.8, 4) is 0 Å². The summed E-state index contributed by atoms with van der Waals surface area (Å²) in [4.78, 5) is 39.2. The molecule has 0 bridgehead atoms. The van der Waals surface area contributed by atoms with Crippen LogP contribution in [0.1, 0.15) is 77.0 Å². The first-order chi connectivity index (χ1) is 17.6. The van der Waals surface area contributed by atoms with Gasteiger partial charge in [-0.1, -0.05) is 74.0 Å². The number of rotatable bonds is 6. The summed E-state index contributed by atoms with van der Waals surface area (Å²) in [5.41, 5.74) is 13.3. The zero-order valence-electron chi connectivity index (χ0n) is 20.8. The number of hydrogen-bond donors (Lipinski definition) is 2. The van der Waals surface area contributed by atoms with Gasteiger partial charge in [0.1, 0.15) is 0 Å². The van der Waals surface area contributed by atoms with Crippen molar-refractivity contribution in [2.45, 2.75) is 89.1 Å². The molecular formula is C26H36N6O2S2. The Morgan fingerprint density at radius 1 is 0.694 bits per heavy atom. The normalized spacial score (nSPS) is 18.3. The lowest BCUT2D eigenvalue weighted by Crippen LogP contribution is -2.43. The second-order valence-corrected chi connectivity index (χ2v) is 12.0. The van der Waals surface area contributed by atoms with E-state index in [9.17, 15) is 9.59 Å². The number of carbonyl (C=O) groups is 2. The third-order valence-corrected chi connectivity index (χ3v) is 9.59. The van der Waals surface area contributed by atoms with Crippen molar-refractivity contribution < 1.29 is 9.59 Å². The molecule has 10 heteroatoms. The Balaban J connectivity index is 1.48. The van der Waals surface area contributed by atoms with Gasteiger partial charge in [-0.05, 0) is 37.8 Å². The van der Waals surface area contributed by atoms with Crippen LogP contribution in [-0.4, -0.2) is 47.0 Å². The van der Waals surface area contributed by atoms with Crippen LogP contribution in [0.5, 0.6) is 0 Å². The van der Waals surface area contributed by atoms with Crippen LogP contribution in [0.4, 0.5) is 10.3 Å². The largest absolute Gasteiger partial charge is 0.322 e. The van der Waals surface area contributed by atoms with Crippen LogP contribution in [-0.2, 0) is 9.59 Å². The molecule has 2 aromatic heterocycles. The van der Waals surface area contributed by atoms with Crippen molar-refractivity contribution in [3.05, 3.63) is 12.1 Å². The highest BCUT2D eigenvalue weighted by molar-refractivity contribution is 7.24. The van der Waals surface area contributed by atoms with Crippen molar-refractivity contribution in [2.75, 3.05) is 22.9 Å². The fourth-order valence-corrected chi connectivity index (χ4v) is 7.92. The van der Waals surface area contributed by atoms with E-state index in [4.69, 9.17) is 21.4 Å². The number of anilines is 2. The Morgan fingerprint density at radius 3 is 1.44 bits per heavy atom. The van der Waals surface area contributed by atoms with E-state index in [1.807, 2.05) is 15.9 Å². The number of aromatic nitrogens is 2. The van der Waals surface area contributed by atoms with Gasteiger partial charge in [0.2, 0.25) is 11.8 Å². The van der Waals surface area contributed by atoms with Gasteiger partial charge < -0.3 is 11.5 Å². The number of nitrogens with two attached hydrogens (primary N) is 2. The van der Waals surface area contributed by atoms with Gasteiger partial charge in [-0.25, -0.2) is 9.97 Å². The maximum absolute atomic E-state index is 12.9. The number of benzene rings is 1. The highest BCUT2D eigenvalue weighted by Gasteiger charge is 2.30. The predicted octanol–water partition coefficient (Wildman–Crippen LogP) is 4.94. The zero-order chi connectivity index (χ0) is 25.1. The maximum Gasteiger partial charge on any atom is 0.242 e. The van der Waals surface area contributed by atoms with Gasteiger partial charge in [0, 0.05) is 12.1 Å². The van der Waals surface area contributed by atoms with Gasteiger partial charge in [0.15, 0.2) is 10.3 Å². The molecule has 4 N–H and O–H groups in total. The molecule has 2 saturated carbocycles. The lowest BCUT2D eigenvalue weighted by Gasteiger charge is -2.28. The highest BCUT2D eigenvalue weighted by atomic mass is 32.1. The van der Waals surface area contributed by atoms with E-state index in [0.29, 0.717) is 0 Å². The Kier molecular flexibility index (Phi) is 8.15. The van der Waals surface area contributed by atoms with Gasteiger partial charge in [0.05, 0.1) is 33.5 Å². The van der Waals surface area contributed by atoms with E-state index in [2.05, 4.69) is 6.07 Å². The van der Waals surface area contributed by atoms with Crippen LogP contribution >= 0.6 is 22.7 Å². The average Bonchev–Trinajstić information content (AvgIpc) is 3.21. The molecular weight excluding hydrogens is 492 g/mol. The molecule has 0 atom stereocenters. The summed E-state index contributed by atoms with van der Waals surface area (Å²) in [6.45, 7) is -0.0305. The molecule has 36 heavy (non-hydrogen) atoms. The quantitative estimate of drug-likeness (QED) is 0.438. The molecule has 5 rings (SSSR count). The van der Waals surface area contributed by atoms with E-state index < -0.39 is 0 Å². The SMILES string of the molecule is NCC(=O)N(c1nc2cc3nc(N(C(=O)CN)C4CCCCCC4)sc3cc2s1)C1CCCCCC1. The Labute approximate surface area is 220 Å². The lowest BCUT2D eigenvalue weighted by atomic mass is 10.1. The van der Waals surface area contributed by atoms with E-state index in [1.165, 1.54) is 25.7 Å². The van der Waals surface area contributed by atoms with Gasteiger partial charge >= 0.3 is 0 Å². The summed E-state index contributed by atoms with van der Waals surface area (Å²) in [5, 5.41) is 1.45. The van der Waals surface area contributed by atoms with Crippen LogP contribution in [0.2, 0.25) is 0 Å². The van der Waals surface area contributed by atoms with E-state index in [-0.39, 0.29) is 37.0 Å². The summed E-state index contributed by atoms with van der Waals surface area (Å²) in [6.07, 6.45) is 13.4. The fourth-order valence-electron chi connectivity index (χ4n) is 5.69. The Morgan fingerprint density at radius 2 is 1.08 bits per heavy atom. The van der Waals surface area contributed by atoms with Crippen LogP contribution in [0, 0.1) is 0 Å². The molecule has 2 fully saturated rings. The smallest absolute Gasteiger partial charge is 0.242 e. The van der Waals surface area contributed by atoms with Crippen LogP contribution in [0.15, 0.2) is 12.1 Å². The Bertz CT molecular complexity index is 1070. The second-order valence-electron chi connectivity index (χ2n) is 10.0. The van der Waals surface area contributed by atoms with Crippen molar-refractivity contribution in [3.63, 3.8) is 0 Å². The van der Waals surface area contributed by atoms with E-state index in [1.54, 1.807) is 22.7 Å². The van der Waals surface area contributed by atoms with E-state index in [0.717, 1.165) is 82.1 Å². The molecule has 1 aromatic carbocycles. The topological polar surface area (TPSA) is 118 Å². The number of nitrogens with zero attached hydrogens (tertiary/aromatic N) is 4. The number of thiazole rings is 2. The minimum atomic E-state index is -0.0671. The van der Waals surface area contributed by atoms with Crippen molar-refractivity contribution in [2.24, 2.45) is 11.5 Å². The molecule has 2 amide bonds. The van der Waals surface area contributed by atoms with Crippen LogP contribution < -0.4 is 21.3 Å². The average molecular weight is 529 g/mol. The summed E-state index contributed by atoms with van der Waals surface area (Å²) in [5.74, 6) is -0.134. The number of hydrogen-bond acceptors (Lipinski definition) is 8. The first kappa shape index (κ1) is 25.5. The Hall–Kier alpha value is -2.14. The lowest BCUT2D eigenvalue weighted by molar-refractivity contribution is -0.118. The van der Waals surface area contributed by atoms with Gasteiger partial charge in [0.25, 0.3) is 0 Å². The molecule has 0 aliphatic heterocycles. The van der Waals surface area contributed by atoms with Crippen molar-refractivity contribution in [1.29, 1.82) is 0 Å². The fraction of sp³-hybridized carbons (Fsp3) is 0.615. The summed E-state index contributed by atoms with van der Waals surface area (Å²) in [7, 11) is 0. The molecule has 0 unspecified atom stereocenters. The number of amides is 2. The molecule has 0 saturated heterocycles. The third-order valence-electron chi connectivity index (χ3n) is 7.55. The minimum absolute atomic E-state index is 0.0153. The summed E-state index contributed by atoms with van der Waals surface area (Å²) < 4.78 is 2.03. The molecule has 8 nitrogen and oxygen atoms in total. The summed E-state index contributed by atoms with van der Waals surface area (Å²) >= 11 is 3.08. The van der Waals surface area contributed by atoms with Gasteiger partial charge in [-0.2, -0.15) is 0 Å². The number of carbonyl (C=O) groups excluding carboxylic acids is 2. The van der Waals surface area contributed by atoms with Gasteiger partial charge in [-0.15, -0.1) is 0 Å². The molecule has 2 heterocycles. The summed E-state index contributed by atoms with van der Waals surface area (Å²) in [6, 6.07) is 4.40. The number of fused-ring (bicyclic) bond motifs is 2. The molecule has 2 aliphatic carbocycles. The molecule has 3 aromatic rings. The predicted molar refractivity (Wildman–Crippen MR) is 149 cm³/mol. The first-order valence-corrected chi connectivity index (χ1v) is 15.0. The molecule has 194 valence electrons. The highest BCUT2D eigenvalue weighted by Crippen LogP contribution is 2.39. The van der Waals surface area contributed by atoms with Crippen molar-refractivity contribution in [1.82, 2.24) is 9.97 Å². The van der Waals surface area contributed by atoms with Crippen molar-refractivity contribution >= 4 is 65.2 Å². The zero-order valence-corrected chi connectivity index (χ0v) is 22.4. The monoisotopic (exact) mass is 528 g/mol. The first-order valence-electron chi connectivity index (χ1n) is 13.3. The van der Waals surface area contributed by atoms with Crippen LogP contribution in [0.3, 0.4) is 0 Å². The second kappa shape index (κ2) is 11.5. The minimum Gasteiger partial charge on any atom is -0.322 e. The third kappa shape index (κ3) is 5.27. The van der Waals surface area contributed by atoms with Crippen LogP contribution in [0.25, 0.3) is 20.4 Å². The standard InChI is InChI=1S/C26H36N6O2S2/c27-15-23(33)31(17-9-5-1-2-6-10-17)25-29-19-13-20-22(14-21(19)35-25)36-26(30-20)32(24(34)16-28)18-11-7-3-4-8-12-18/h13-14,17-18H,1-12,15-16,27-28H2. The molecule has 0 radical (unpaired) electrons. The molecule has 2 aliphatic rings. The van der Waals surface area contributed by atoms with Gasteiger partial charge in [-0.3, -0.25) is 19.4 Å². The van der Waals surface area contributed by atoms with E-state index >= 15 is 0 Å².